The molecule has 0 bridgehead atoms. The quantitative estimate of drug-likeness (QED) is 0.263. The monoisotopic (exact) mass is 559 g/mol. The first-order valence-corrected chi connectivity index (χ1v) is 14.6. The number of rotatable bonds is 12. The molecule has 40 heavy (non-hydrogen) atoms. The van der Waals surface area contributed by atoms with Gasteiger partial charge in [-0.1, -0.05) is 54.4 Å². The van der Waals surface area contributed by atoms with E-state index < -0.39 is 59.1 Å². The summed E-state index contributed by atoms with van der Waals surface area (Å²) in [6.45, 7) is 11.8. The van der Waals surface area contributed by atoms with Gasteiger partial charge in [-0.15, -0.1) is 0 Å². The number of hydrogen-bond donors (Lipinski definition) is 4. The number of urea groups is 1. The summed E-state index contributed by atoms with van der Waals surface area (Å²) < 4.78 is 0. The standard InChI is InChI=1S/C29H45N5O6/c1-7-17(21(35)15-10-11-15)32-27(40)33-23(28(2,3)4)26(39)34-13-16-19(29(16,5)6)20(34)25(38)31-18(12-14-8-9-14)22(36)24(30)37/h14-20,23H,7-13H2,1-6H3,(H2,30,37)(H,31,38)(H2,32,33,40)/t16-,17-,18?,19-,20-,23+/m0/s1. The fourth-order valence-corrected chi connectivity index (χ4v) is 6.33. The van der Waals surface area contributed by atoms with Crippen molar-refractivity contribution >= 4 is 35.3 Å². The van der Waals surface area contributed by atoms with Crippen LogP contribution in [-0.4, -0.2) is 70.9 Å². The van der Waals surface area contributed by atoms with Gasteiger partial charge in [0.25, 0.3) is 5.91 Å². The molecule has 0 aromatic heterocycles. The predicted molar refractivity (Wildman–Crippen MR) is 146 cm³/mol. The van der Waals surface area contributed by atoms with Gasteiger partial charge in [0.2, 0.25) is 17.6 Å². The molecule has 4 rings (SSSR count). The summed E-state index contributed by atoms with van der Waals surface area (Å²) >= 11 is 0. The zero-order valence-electron chi connectivity index (χ0n) is 24.5. The lowest BCUT2D eigenvalue weighted by atomic mass is 9.85. The molecule has 0 aromatic rings. The molecule has 0 spiro atoms. The number of nitrogens with one attached hydrogen (secondary N) is 3. The van der Waals surface area contributed by atoms with Gasteiger partial charge in [0.1, 0.15) is 12.1 Å². The average Bonchev–Trinajstić information content (AvgIpc) is 3.81. The summed E-state index contributed by atoms with van der Waals surface area (Å²) in [5.74, 6) is -2.56. The average molecular weight is 560 g/mol. The summed E-state index contributed by atoms with van der Waals surface area (Å²) in [6.07, 6.45) is 4.33. The largest absolute Gasteiger partial charge is 0.363 e. The van der Waals surface area contributed by atoms with Gasteiger partial charge in [-0.3, -0.25) is 24.0 Å². The van der Waals surface area contributed by atoms with E-state index in [1.807, 2.05) is 27.7 Å². The second-order valence-electron chi connectivity index (χ2n) is 13.9. The van der Waals surface area contributed by atoms with Gasteiger partial charge in [0.05, 0.1) is 12.1 Å². The van der Waals surface area contributed by atoms with Crippen LogP contribution in [0.5, 0.6) is 0 Å². The molecule has 5 amide bonds. The number of ketones is 2. The van der Waals surface area contributed by atoms with Gasteiger partial charge in [-0.05, 0) is 54.3 Å². The Kier molecular flexibility index (Phi) is 8.08. The first kappa shape index (κ1) is 30.0. The highest BCUT2D eigenvalue weighted by atomic mass is 16.2. The van der Waals surface area contributed by atoms with Crippen LogP contribution in [0.1, 0.15) is 80.1 Å². The third kappa shape index (κ3) is 6.17. The number of nitrogens with zero attached hydrogens (tertiary/aromatic N) is 1. The minimum atomic E-state index is -1.09. The van der Waals surface area contributed by atoms with E-state index in [1.165, 1.54) is 4.90 Å². The Morgan fingerprint density at radius 2 is 1.57 bits per heavy atom. The number of nitrogens with two attached hydrogens (primary N) is 1. The molecule has 11 heteroatoms. The molecular formula is C29H45N5O6. The lowest BCUT2D eigenvalue weighted by molar-refractivity contribution is -0.145. The Morgan fingerprint density at radius 1 is 0.950 bits per heavy atom. The number of fused-ring (bicyclic) bond motifs is 1. The number of piperidine rings is 1. The van der Waals surface area contributed by atoms with Crippen LogP contribution in [0.2, 0.25) is 0 Å². The van der Waals surface area contributed by atoms with Gasteiger partial charge in [0.15, 0.2) is 5.78 Å². The summed E-state index contributed by atoms with van der Waals surface area (Å²) in [5.41, 5.74) is 4.40. The number of Topliss-reactive ketones (excluding diaryl/α,β-unsaturated/α-hetero) is 2. The maximum Gasteiger partial charge on any atom is 0.316 e. The molecule has 3 aliphatic carbocycles. The molecule has 0 aromatic carbocycles. The Balaban J connectivity index is 1.51. The van der Waals surface area contributed by atoms with E-state index in [0.29, 0.717) is 19.4 Å². The molecule has 0 radical (unpaired) electrons. The third-order valence-electron chi connectivity index (χ3n) is 9.33. The van der Waals surface area contributed by atoms with Gasteiger partial charge in [-0.25, -0.2) is 4.79 Å². The Morgan fingerprint density at radius 3 is 2.08 bits per heavy atom. The summed E-state index contributed by atoms with van der Waals surface area (Å²) in [5, 5.41) is 8.28. The highest BCUT2D eigenvalue weighted by molar-refractivity contribution is 6.37. The number of likely N-dealkylation sites (tertiary alicyclic amines) is 1. The van der Waals surface area contributed by atoms with Crippen molar-refractivity contribution < 1.29 is 28.8 Å². The molecule has 3 saturated carbocycles. The zero-order valence-corrected chi connectivity index (χ0v) is 24.5. The van der Waals surface area contributed by atoms with Crippen LogP contribution in [0.3, 0.4) is 0 Å². The van der Waals surface area contributed by atoms with Gasteiger partial charge < -0.3 is 26.6 Å². The highest BCUT2D eigenvalue weighted by Crippen LogP contribution is 2.65. The van der Waals surface area contributed by atoms with Crippen LogP contribution in [0.25, 0.3) is 0 Å². The smallest absolute Gasteiger partial charge is 0.316 e. The molecule has 4 fully saturated rings. The Labute approximate surface area is 236 Å². The number of carbonyl (C=O) groups excluding carboxylic acids is 6. The summed E-state index contributed by atoms with van der Waals surface area (Å²) in [6, 6.07) is -4.05. The molecular weight excluding hydrogens is 514 g/mol. The molecule has 6 atom stereocenters. The molecule has 1 unspecified atom stereocenters. The van der Waals surface area contributed by atoms with Crippen molar-refractivity contribution in [3.8, 4) is 0 Å². The molecule has 222 valence electrons. The van der Waals surface area contributed by atoms with Crippen molar-refractivity contribution in [2.24, 2.45) is 40.2 Å². The number of primary amides is 1. The normalized spacial score (nSPS) is 27.1. The topological polar surface area (TPSA) is 168 Å². The second kappa shape index (κ2) is 10.8. The minimum absolute atomic E-state index is 0.00516. The van der Waals surface area contributed by atoms with Gasteiger partial charge >= 0.3 is 6.03 Å². The molecule has 4 aliphatic rings. The van der Waals surface area contributed by atoms with Crippen LogP contribution in [0.4, 0.5) is 4.79 Å². The van der Waals surface area contributed by atoms with Crippen molar-refractivity contribution in [3.63, 3.8) is 0 Å². The van der Waals surface area contributed by atoms with Crippen molar-refractivity contribution in [1.29, 1.82) is 0 Å². The highest BCUT2D eigenvalue weighted by Gasteiger charge is 2.70. The van der Waals surface area contributed by atoms with E-state index in [4.69, 9.17) is 5.73 Å². The van der Waals surface area contributed by atoms with E-state index in [2.05, 4.69) is 29.8 Å². The van der Waals surface area contributed by atoms with Crippen LogP contribution in [0, 0.1) is 34.5 Å². The zero-order chi connectivity index (χ0) is 29.7. The maximum atomic E-state index is 14.0. The van der Waals surface area contributed by atoms with E-state index in [1.54, 1.807) is 0 Å². The fraction of sp³-hybridized carbons (Fsp3) is 0.793. The molecule has 5 N–H and O–H groups in total. The summed E-state index contributed by atoms with van der Waals surface area (Å²) in [4.78, 5) is 79.0. The van der Waals surface area contributed by atoms with Crippen LogP contribution in [-0.2, 0) is 24.0 Å². The lowest BCUT2D eigenvalue weighted by Gasteiger charge is -2.38. The first-order chi connectivity index (χ1) is 18.6. The van der Waals surface area contributed by atoms with E-state index >= 15 is 0 Å². The van der Waals surface area contributed by atoms with Crippen molar-refractivity contribution in [2.75, 3.05) is 6.54 Å². The molecule has 1 aliphatic heterocycles. The number of carbonyl (C=O) groups is 6. The number of hydrogen-bond acceptors (Lipinski definition) is 6. The van der Waals surface area contributed by atoms with E-state index in [9.17, 15) is 28.8 Å². The lowest BCUT2D eigenvalue weighted by Crippen LogP contribution is -2.62. The van der Waals surface area contributed by atoms with Gasteiger partial charge in [-0.2, -0.15) is 0 Å². The number of amides is 5. The summed E-state index contributed by atoms with van der Waals surface area (Å²) in [7, 11) is 0. The maximum absolute atomic E-state index is 14.0. The third-order valence-corrected chi connectivity index (χ3v) is 9.33. The fourth-order valence-electron chi connectivity index (χ4n) is 6.33. The van der Waals surface area contributed by atoms with Crippen molar-refractivity contribution in [2.45, 2.75) is 104 Å². The molecule has 11 nitrogen and oxygen atoms in total. The minimum Gasteiger partial charge on any atom is -0.363 e. The Hall–Kier alpha value is -2.98. The van der Waals surface area contributed by atoms with Crippen LogP contribution < -0.4 is 21.7 Å². The van der Waals surface area contributed by atoms with Gasteiger partial charge in [0, 0.05) is 12.5 Å². The van der Waals surface area contributed by atoms with Crippen LogP contribution in [0.15, 0.2) is 0 Å². The molecule has 1 saturated heterocycles. The molecule has 1 heterocycles. The van der Waals surface area contributed by atoms with Crippen LogP contribution >= 0.6 is 0 Å². The SMILES string of the molecule is CC[C@H](NC(=O)N[C@H](C(=O)N1C[C@H]2[C@@H]([C@H]1C(=O)NC(CC1CC1)C(=O)C(N)=O)C2(C)C)C(C)(C)C)C(=O)C1CC1. The second-order valence-corrected chi connectivity index (χ2v) is 13.9. The van der Waals surface area contributed by atoms with E-state index in [-0.39, 0.29) is 34.9 Å². The van der Waals surface area contributed by atoms with E-state index in [0.717, 1.165) is 25.7 Å². The van der Waals surface area contributed by atoms with Crippen molar-refractivity contribution in [3.05, 3.63) is 0 Å². The first-order valence-electron chi connectivity index (χ1n) is 14.6. The Bertz CT molecular complexity index is 1090. The van der Waals surface area contributed by atoms with Crippen molar-refractivity contribution in [1.82, 2.24) is 20.9 Å². The predicted octanol–water partition coefficient (Wildman–Crippen LogP) is 1.28.